The summed E-state index contributed by atoms with van der Waals surface area (Å²) in [5, 5.41) is 3.66. The Balaban J connectivity index is 1.53. The Morgan fingerprint density at radius 1 is 1.14 bits per heavy atom. The van der Waals surface area contributed by atoms with Gasteiger partial charge in [0.25, 0.3) is 0 Å². The third-order valence-corrected chi connectivity index (χ3v) is 5.79. The lowest BCUT2D eigenvalue weighted by atomic mass is 9.82. The maximum absolute atomic E-state index is 4.55. The molecule has 4 nitrogen and oxygen atoms in total. The molecule has 0 aromatic rings. The van der Waals surface area contributed by atoms with Crippen LogP contribution in [-0.4, -0.2) is 62.6 Å². The molecule has 3 atom stereocenters. The van der Waals surface area contributed by atoms with Gasteiger partial charge in [-0.25, -0.2) is 0 Å². The molecule has 0 radical (unpaired) electrons. The van der Waals surface area contributed by atoms with E-state index in [9.17, 15) is 0 Å². The highest BCUT2D eigenvalue weighted by Gasteiger charge is 2.36. The SMILES string of the molecule is CN=C(NCC(C1CC1)N(C)C)N1CC2CCCCC2C1. The van der Waals surface area contributed by atoms with Crippen molar-refractivity contribution in [1.29, 1.82) is 0 Å². The number of guanidine groups is 1. The number of likely N-dealkylation sites (tertiary alicyclic amines) is 1. The fourth-order valence-corrected chi connectivity index (χ4v) is 4.36. The Labute approximate surface area is 130 Å². The number of likely N-dealkylation sites (N-methyl/N-ethyl adjacent to an activating group) is 1. The lowest BCUT2D eigenvalue weighted by molar-refractivity contribution is 0.262. The average molecular weight is 292 g/mol. The lowest BCUT2D eigenvalue weighted by Crippen LogP contribution is -2.47. The first-order valence-corrected chi connectivity index (χ1v) is 8.81. The Kier molecular flexibility index (Phi) is 4.72. The van der Waals surface area contributed by atoms with Gasteiger partial charge in [-0.3, -0.25) is 4.99 Å². The van der Waals surface area contributed by atoms with Crippen molar-refractivity contribution in [3.8, 4) is 0 Å². The molecule has 0 aromatic heterocycles. The van der Waals surface area contributed by atoms with Gasteiger partial charge in [-0.05, 0) is 57.5 Å². The molecule has 3 fully saturated rings. The van der Waals surface area contributed by atoms with Crippen LogP contribution in [0.25, 0.3) is 0 Å². The smallest absolute Gasteiger partial charge is 0.193 e. The van der Waals surface area contributed by atoms with Crippen molar-refractivity contribution >= 4 is 5.96 Å². The van der Waals surface area contributed by atoms with E-state index in [4.69, 9.17) is 0 Å². The number of rotatable bonds is 4. The van der Waals surface area contributed by atoms with Crippen molar-refractivity contribution in [1.82, 2.24) is 15.1 Å². The van der Waals surface area contributed by atoms with Gasteiger partial charge in [-0.2, -0.15) is 0 Å². The summed E-state index contributed by atoms with van der Waals surface area (Å²) in [4.78, 5) is 9.44. The molecule has 3 aliphatic rings. The highest BCUT2D eigenvalue weighted by atomic mass is 15.3. The van der Waals surface area contributed by atoms with Crippen molar-refractivity contribution in [3.05, 3.63) is 0 Å². The van der Waals surface area contributed by atoms with E-state index in [0.29, 0.717) is 6.04 Å². The molecule has 0 bridgehead atoms. The fourth-order valence-electron chi connectivity index (χ4n) is 4.36. The van der Waals surface area contributed by atoms with Crippen molar-refractivity contribution in [3.63, 3.8) is 0 Å². The molecule has 1 saturated heterocycles. The van der Waals surface area contributed by atoms with E-state index in [1.807, 2.05) is 7.05 Å². The van der Waals surface area contributed by atoms with Crippen molar-refractivity contribution in [2.45, 2.75) is 44.6 Å². The summed E-state index contributed by atoms with van der Waals surface area (Å²) in [6, 6.07) is 0.659. The number of aliphatic imine (C=N–C) groups is 1. The van der Waals surface area contributed by atoms with E-state index in [1.54, 1.807) is 0 Å². The Morgan fingerprint density at radius 2 is 1.76 bits per heavy atom. The standard InChI is InChI=1S/C17H32N4/c1-18-17(19-10-16(20(2)3)13-8-9-13)21-11-14-6-4-5-7-15(14)12-21/h13-16H,4-12H2,1-3H3,(H,18,19). The molecule has 1 heterocycles. The first-order valence-electron chi connectivity index (χ1n) is 8.81. The number of fused-ring (bicyclic) bond motifs is 1. The molecule has 4 heteroatoms. The van der Waals surface area contributed by atoms with Gasteiger partial charge < -0.3 is 15.1 Å². The summed E-state index contributed by atoms with van der Waals surface area (Å²) >= 11 is 0. The average Bonchev–Trinajstić information content (AvgIpc) is 3.21. The highest BCUT2D eigenvalue weighted by Crippen LogP contribution is 2.36. The third-order valence-electron chi connectivity index (χ3n) is 5.79. The minimum atomic E-state index is 0.659. The second-order valence-electron chi connectivity index (χ2n) is 7.51. The number of hydrogen-bond acceptors (Lipinski definition) is 2. The van der Waals surface area contributed by atoms with E-state index in [-0.39, 0.29) is 0 Å². The predicted octanol–water partition coefficient (Wildman–Crippen LogP) is 2.02. The molecule has 21 heavy (non-hydrogen) atoms. The molecule has 0 aromatic carbocycles. The molecule has 0 spiro atoms. The van der Waals surface area contributed by atoms with Gasteiger partial charge in [0.2, 0.25) is 0 Å². The number of hydrogen-bond donors (Lipinski definition) is 1. The van der Waals surface area contributed by atoms with Gasteiger partial charge >= 0.3 is 0 Å². The van der Waals surface area contributed by atoms with Gasteiger partial charge in [-0.1, -0.05) is 12.8 Å². The number of nitrogens with one attached hydrogen (secondary N) is 1. The molecular weight excluding hydrogens is 260 g/mol. The van der Waals surface area contributed by atoms with Crippen LogP contribution in [0, 0.1) is 17.8 Å². The van der Waals surface area contributed by atoms with Crippen LogP contribution in [0.2, 0.25) is 0 Å². The molecule has 3 unspecified atom stereocenters. The first kappa shape index (κ1) is 15.1. The van der Waals surface area contributed by atoms with Crippen molar-refractivity contribution < 1.29 is 0 Å². The molecule has 120 valence electrons. The van der Waals surface area contributed by atoms with Gasteiger partial charge in [0, 0.05) is 32.7 Å². The van der Waals surface area contributed by atoms with Crippen LogP contribution in [0.4, 0.5) is 0 Å². The lowest BCUT2D eigenvalue weighted by Gasteiger charge is -2.28. The summed E-state index contributed by atoms with van der Waals surface area (Å²) in [6.45, 7) is 3.48. The van der Waals surface area contributed by atoms with E-state index >= 15 is 0 Å². The van der Waals surface area contributed by atoms with E-state index in [0.717, 1.165) is 30.3 Å². The maximum atomic E-state index is 4.55. The monoisotopic (exact) mass is 292 g/mol. The Morgan fingerprint density at radius 3 is 2.24 bits per heavy atom. The second-order valence-corrected chi connectivity index (χ2v) is 7.51. The molecule has 2 aliphatic carbocycles. The molecule has 2 saturated carbocycles. The number of nitrogens with zero attached hydrogens (tertiary/aromatic N) is 3. The van der Waals surface area contributed by atoms with Gasteiger partial charge in [0.1, 0.15) is 0 Å². The van der Waals surface area contributed by atoms with Crippen LogP contribution in [0.1, 0.15) is 38.5 Å². The molecule has 3 rings (SSSR count). The zero-order chi connectivity index (χ0) is 14.8. The quantitative estimate of drug-likeness (QED) is 0.635. The van der Waals surface area contributed by atoms with Crippen LogP contribution in [0.3, 0.4) is 0 Å². The summed E-state index contributed by atoms with van der Waals surface area (Å²) in [5.41, 5.74) is 0. The minimum absolute atomic E-state index is 0.659. The van der Waals surface area contributed by atoms with Gasteiger partial charge in [0.05, 0.1) is 0 Å². The zero-order valence-corrected chi connectivity index (χ0v) is 14.0. The topological polar surface area (TPSA) is 30.9 Å². The summed E-state index contributed by atoms with van der Waals surface area (Å²) in [6.07, 6.45) is 8.53. The molecular formula is C17H32N4. The van der Waals surface area contributed by atoms with Gasteiger partial charge in [0.15, 0.2) is 5.96 Å². The molecule has 1 N–H and O–H groups in total. The summed E-state index contributed by atoms with van der Waals surface area (Å²) in [7, 11) is 6.35. The third kappa shape index (κ3) is 3.53. The van der Waals surface area contributed by atoms with E-state index in [2.05, 4.69) is 34.2 Å². The molecule has 1 aliphatic heterocycles. The van der Waals surface area contributed by atoms with Crippen LogP contribution >= 0.6 is 0 Å². The van der Waals surface area contributed by atoms with Crippen molar-refractivity contribution in [2.24, 2.45) is 22.7 Å². The van der Waals surface area contributed by atoms with E-state index in [1.165, 1.54) is 51.6 Å². The predicted molar refractivity (Wildman–Crippen MR) is 88.6 cm³/mol. The normalized spacial score (nSPS) is 31.4. The first-order chi connectivity index (χ1) is 10.2. The summed E-state index contributed by atoms with van der Waals surface area (Å²) < 4.78 is 0. The maximum Gasteiger partial charge on any atom is 0.193 e. The van der Waals surface area contributed by atoms with Gasteiger partial charge in [-0.15, -0.1) is 0 Å². The van der Waals surface area contributed by atoms with Crippen LogP contribution < -0.4 is 5.32 Å². The minimum Gasteiger partial charge on any atom is -0.355 e. The highest BCUT2D eigenvalue weighted by molar-refractivity contribution is 5.80. The van der Waals surface area contributed by atoms with Crippen LogP contribution in [0.15, 0.2) is 4.99 Å². The Bertz CT molecular complexity index is 359. The Hall–Kier alpha value is -0.770. The fraction of sp³-hybridized carbons (Fsp3) is 0.941. The van der Waals surface area contributed by atoms with E-state index < -0.39 is 0 Å². The second kappa shape index (κ2) is 6.55. The van der Waals surface area contributed by atoms with Crippen molar-refractivity contribution in [2.75, 3.05) is 40.8 Å². The van der Waals surface area contributed by atoms with Crippen LogP contribution in [-0.2, 0) is 0 Å². The largest absolute Gasteiger partial charge is 0.355 e. The summed E-state index contributed by atoms with van der Waals surface area (Å²) in [5.74, 6) is 3.87. The molecule has 0 amide bonds. The van der Waals surface area contributed by atoms with Crippen LogP contribution in [0.5, 0.6) is 0 Å². The zero-order valence-electron chi connectivity index (χ0n) is 14.0.